The van der Waals surface area contributed by atoms with Gasteiger partial charge in [-0.25, -0.2) is 8.42 Å². The van der Waals surface area contributed by atoms with Crippen LogP contribution in [0.4, 0.5) is 11.4 Å². The summed E-state index contributed by atoms with van der Waals surface area (Å²) < 4.78 is 31.9. The van der Waals surface area contributed by atoms with Crippen molar-refractivity contribution in [2.45, 2.75) is 24.8 Å². The molecule has 0 saturated heterocycles. The minimum absolute atomic E-state index is 0.111. The zero-order valence-electron chi connectivity index (χ0n) is 11.7. The predicted octanol–water partition coefficient (Wildman–Crippen LogP) is 2.93. The van der Waals surface area contributed by atoms with Crippen LogP contribution in [0, 0.1) is 0 Å². The van der Waals surface area contributed by atoms with Gasteiger partial charge in [0.1, 0.15) is 11.2 Å². The first-order chi connectivity index (χ1) is 9.42. The molecular weight excluding hydrogens is 276 g/mol. The van der Waals surface area contributed by atoms with Gasteiger partial charge in [-0.05, 0) is 32.0 Å². The predicted molar refractivity (Wildman–Crippen MR) is 79.5 cm³/mol. The van der Waals surface area contributed by atoms with E-state index in [1.807, 2.05) is 37.9 Å². The maximum Gasteiger partial charge on any atom is 0.265 e. The largest absolute Gasteiger partial charge is 0.471 e. The third-order valence-corrected chi connectivity index (χ3v) is 4.45. The number of anilines is 2. The Balaban J connectivity index is 2.35. The van der Waals surface area contributed by atoms with E-state index in [-0.39, 0.29) is 10.9 Å². The highest BCUT2D eigenvalue weighted by Gasteiger charge is 2.18. The van der Waals surface area contributed by atoms with Gasteiger partial charge in [0.05, 0.1) is 17.6 Å². The zero-order valence-corrected chi connectivity index (χ0v) is 12.5. The van der Waals surface area contributed by atoms with Gasteiger partial charge in [0.15, 0.2) is 0 Å². The molecule has 0 atom stereocenters. The Morgan fingerprint density at radius 2 is 1.90 bits per heavy atom. The second kappa shape index (κ2) is 5.58. The molecule has 2 aromatic rings. The molecule has 0 radical (unpaired) electrons. The Hall–Kier alpha value is -1.95. The van der Waals surface area contributed by atoms with Crippen molar-refractivity contribution in [1.82, 2.24) is 0 Å². The molecule has 108 valence electrons. The highest BCUT2D eigenvalue weighted by molar-refractivity contribution is 7.92. The number of hydrogen-bond acceptors (Lipinski definition) is 4. The summed E-state index contributed by atoms with van der Waals surface area (Å²) in [5, 5.41) is 0. The van der Waals surface area contributed by atoms with Crippen LogP contribution in [0.2, 0.25) is 0 Å². The molecule has 0 spiro atoms. The van der Waals surface area contributed by atoms with E-state index >= 15 is 0 Å². The molecular formula is C14H18N2O3S. The third kappa shape index (κ3) is 2.96. The standard InChI is InChI=1S/C14H18N2O3S/c1-11(2)16(3)14-7-5-4-6-13(14)15-20(17,18)12-8-9-19-10-12/h4-11,15H,1-3H3. The summed E-state index contributed by atoms with van der Waals surface area (Å²) >= 11 is 0. The first kappa shape index (κ1) is 14.5. The lowest BCUT2D eigenvalue weighted by Gasteiger charge is -2.26. The molecule has 0 fully saturated rings. The van der Waals surface area contributed by atoms with Crippen molar-refractivity contribution in [2.75, 3.05) is 16.7 Å². The molecule has 1 heterocycles. The van der Waals surface area contributed by atoms with Crippen molar-refractivity contribution in [3.05, 3.63) is 42.9 Å². The number of hydrogen-bond donors (Lipinski definition) is 1. The number of nitrogens with zero attached hydrogens (tertiary/aromatic N) is 1. The van der Waals surface area contributed by atoms with E-state index in [2.05, 4.69) is 4.72 Å². The highest BCUT2D eigenvalue weighted by Crippen LogP contribution is 2.28. The van der Waals surface area contributed by atoms with Crippen LogP contribution in [0.5, 0.6) is 0 Å². The number of benzene rings is 1. The summed E-state index contributed by atoms with van der Waals surface area (Å²) in [6.07, 6.45) is 2.54. The molecule has 0 aliphatic rings. The van der Waals surface area contributed by atoms with Gasteiger partial charge < -0.3 is 9.32 Å². The molecule has 0 unspecified atom stereocenters. The second-order valence-electron chi connectivity index (χ2n) is 4.79. The van der Waals surface area contributed by atoms with Crippen LogP contribution < -0.4 is 9.62 Å². The minimum atomic E-state index is -3.62. The highest BCUT2D eigenvalue weighted by atomic mass is 32.2. The lowest BCUT2D eigenvalue weighted by molar-refractivity contribution is 0.557. The summed E-state index contributed by atoms with van der Waals surface area (Å²) in [5.41, 5.74) is 1.37. The summed E-state index contributed by atoms with van der Waals surface area (Å²) in [6.45, 7) is 4.09. The van der Waals surface area contributed by atoms with Crippen molar-refractivity contribution in [3.63, 3.8) is 0 Å². The van der Waals surface area contributed by atoms with Crippen LogP contribution in [-0.2, 0) is 10.0 Å². The monoisotopic (exact) mass is 294 g/mol. The molecule has 6 heteroatoms. The van der Waals surface area contributed by atoms with Crippen LogP contribution in [0.1, 0.15) is 13.8 Å². The summed E-state index contributed by atoms with van der Waals surface area (Å²) in [6, 6.07) is 8.97. The lowest BCUT2D eigenvalue weighted by Crippen LogP contribution is -2.27. The lowest BCUT2D eigenvalue weighted by atomic mass is 10.2. The van der Waals surface area contributed by atoms with Gasteiger partial charge in [-0.15, -0.1) is 0 Å². The van der Waals surface area contributed by atoms with E-state index < -0.39 is 10.0 Å². The van der Waals surface area contributed by atoms with Crippen LogP contribution in [-0.4, -0.2) is 21.5 Å². The van der Waals surface area contributed by atoms with E-state index in [0.717, 1.165) is 5.69 Å². The van der Waals surface area contributed by atoms with Gasteiger partial charge in [0.2, 0.25) is 0 Å². The van der Waals surface area contributed by atoms with E-state index in [0.29, 0.717) is 5.69 Å². The van der Waals surface area contributed by atoms with Crippen LogP contribution >= 0.6 is 0 Å². The molecule has 1 aromatic heterocycles. The molecule has 0 bridgehead atoms. The summed E-state index contributed by atoms with van der Waals surface area (Å²) in [5.74, 6) is 0. The fraction of sp³-hybridized carbons (Fsp3) is 0.286. The Morgan fingerprint density at radius 1 is 1.20 bits per heavy atom. The molecule has 0 saturated carbocycles. The number of nitrogens with one attached hydrogen (secondary N) is 1. The van der Waals surface area contributed by atoms with Crippen molar-refractivity contribution < 1.29 is 12.8 Å². The smallest absolute Gasteiger partial charge is 0.265 e. The normalized spacial score (nSPS) is 11.6. The van der Waals surface area contributed by atoms with Gasteiger partial charge in [0, 0.05) is 13.1 Å². The number of para-hydroxylation sites is 2. The molecule has 0 aliphatic carbocycles. The number of furan rings is 1. The molecule has 1 N–H and O–H groups in total. The average Bonchev–Trinajstić information content (AvgIpc) is 2.92. The molecule has 2 rings (SSSR count). The quantitative estimate of drug-likeness (QED) is 0.921. The molecule has 0 aliphatic heterocycles. The first-order valence-electron chi connectivity index (χ1n) is 6.28. The number of sulfonamides is 1. The second-order valence-corrected chi connectivity index (χ2v) is 6.47. The Labute approximate surface area is 119 Å². The topological polar surface area (TPSA) is 62.6 Å². The molecule has 1 aromatic carbocycles. The van der Waals surface area contributed by atoms with Gasteiger partial charge >= 0.3 is 0 Å². The van der Waals surface area contributed by atoms with Gasteiger partial charge in [-0.1, -0.05) is 12.1 Å². The Bertz CT molecular complexity index is 663. The van der Waals surface area contributed by atoms with Crippen molar-refractivity contribution in [1.29, 1.82) is 0 Å². The van der Waals surface area contributed by atoms with E-state index in [4.69, 9.17) is 4.42 Å². The zero-order chi connectivity index (χ0) is 14.8. The fourth-order valence-electron chi connectivity index (χ4n) is 1.75. The summed E-state index contributed by atoms with van der Waals surface area (Å²) in [4.78, 5) is 2.12. The average molecular weight is 294 g/mol. The van der Waals surface area contributed by atoms with E-state index in [1.165, 1.54) is 18.6 Å². The fourth-order valence-corrected chi connectivity index (χ4v) is 2.75. The third-order valence-electron chi connectivity index (χ3n) is 3.11. The van der Waals surface area contributed by atoms with Crippen LogP contribution in [0.15, 0.2) is 52.2 Å². The molecule has 20 heavy (non-hydrogen) atoms. The van der Waals surface area contributed by atoms with Gasteiger partial charge in [-0.3, -0.25) is 4.72 Å². The minimum Gasteiger partial charge on any atom is -0.471 e. The Kier molecular flexibility index (Phi) is 4.04. The van der Waals surface area contributed by atoms with Crippen molar-refractivity contribution in [2.24, 2.45) is 0 Å². The van der Waals surface area contributed by atoms with Crippen LogP contribution in [0.25, 0.3) is 0 Å². The molecule has 5 nitrogen and oxygen atoms in total. The van der Waals surface area contributed by atoms with Gasteiger partial charge in [-0.2, -0.15) is 0 Å². The first-order valence-corrected chi connectivity index (χ1v) is 7.77. The Morgan fingerprint density at radius 3 is 2.50 bits per heavy atom. The SMILES string of the molecule is CC(C)N(C)c1ccccc1NS(=O)(=O)c1ccoc1. The van der Waals surface area contributed by atoms with Gasteiger partial charge in [0.25, 0.3) is 10.0 Å². The maximum atomic E-state index is 12.2. The maximum absolute atomic E-state index is 12.2. The van der Waals surface area contributed by atoms with E-state index in [9.17, 15) is 8.42 Å². The summed E-state index contributed by atoms with van der Waals surface area (Å²) in [7, 11) is -1.70. The van der Waals surface area contributed by atoms with Crippen molar-refractivity contribution in [3.8, 4) is 0 Å². The molecule has 0 amide bonds. The van der Waals surface area contributed by atoms with Crippen molar-refractivity contribution >= 4 is 21.4 Å². The van der Waals surface area contributed by atoms with E-state index in [1.54, 1.807) is 12.1 Å². The number of rotatable bonds is 5. The van der Waals surface area contributed by atoms with Crippen LogP contribution in [0.3, 0.4) is 0 Å².